The monoisotopic (exact) mass is 310 g/mol. The fourth-order valence-electron chi connectivity index (χ4n) is 1.90. The maximum Gasteiger partial charge on any atom is 0.127 e. The second-order valence-corrected chi connectivity index (χ2v) is 6.17. The first-order valence-electron chi connectivity index (χ1n) is 6.36. The van der Waals surface area contributed by atoms with Crippen molar-refractivity contribution in [1.29, 1.82) is 0 Å². The van der Waals surface area contributed by atoms with Gasteiger partial charge in [-0.05, 0) is 36.2 Å². The Morgan fingerprint density at radius 3 is 2.70 bits per heavy atom. The molecule has 1 N–H and O–H groups in total. The quantitative estimate of drug-likeness (QED) is 0.822. The SMILES string of the molecule is Cc1ccccc1SCC(O)Cc1ccc(Cl)cc1F. The van der Waals surface area contributed by atoms with Crippen molar-refractivity contribution < 1.29 is 9.50 Å². The van der Waals surface area contributed by atoms with Crippen LogP contribution in [-0.4, -0.2) is 17.0 Å². The third kappa shape index (κ3) is 4.23. The van der Waals surface area contributed by atoms with E-state index in [1.54, 1.807) is 23.9 Å². The number of aliphatic hydroxyl groups is 1. The van der Waals surface area contributed by atoms with Gasteiger partial charge in [0, 0.05) is 22.1 Å². The predicted octanol–water partition coefficient (Wildman–Crippen LogP) is 4.48. The van der Waals surface area contributed by atoms with Crippen LogP contribution in [0.1, 0.15) is 11.1 Å². The van der Waals surface area contributed by atoms with Gasteiger partial charge in [-0.3, -0.25) is 0 Å². The first-order valence-corrected chi connectivity index (χ1v) is 7.73. The molecular formula is C16H16ClFOS. The van der Waals surface area contributed by atoms with Gasteiger partial charge in [0.25, 0.3) is 0 Å². The molecule has 0 fully saturated rings. The van der Waals surface area contributed by atoms with E-state index in [1.807, 2.05) is 31.2 Å². The van der Waals surface area contributed by atoms with Gasteiger partial charge in [-0.25, -0.2) is 4.39 Å². The van der Waals surface area contributed by atoms with Gasteiger partial charge < -0.3 is 5.11 Å². The van der Waals surface area contributed by atoms with Crippen molar-refractivity contribution in [3.8, 4) is 0 Å². The Hall–Kier alpha value is -1.03. The zero-order chi connectivity index (χ0) is 14.5. The maximum absolute atomic E-state index is 13.6. The lowest BCUT2D eigenvalue weighted by Crippen LogP contribution is -2.14. The minimum absolute atomic E-state index is 0.294. The molecule has 1 nitrogen and oxygen atoms in total. The van der Waals surface area contributed by atoms with Gasteiger partial charge in [0.05, 0.1) is 6.10 Å². The lowest BCUT2D eigenvalue weighted by atomic mass is 10.1. The third-order valence-electron chi connectivity index (χ3n) is 3.00. The highest BCUT2D eigenvalue weighted by Crippen LogP contribution is 2.24. The fraction of sp³-hybridized carbons (Fsp3) is 0.250. The molecule has 2 aromatic carbocycles. The van der Waals surface area contributed by atoms with Crippen LogP contribution >= 0.6 is 23.4 Å². The number of benzene rings is 2. The summed E-state index contributed by atoms with van der Waals surface area (Å²) in [6, 6.07) is 12.6. The summed E-state index contributed by atoms with van der Waals surface area (Å²) in [4.78, 5) is 1.14. The van der Waals surface area contributed by atoms with Crippen LogP contribution in [0.5, 0.6) is 0 Å². The molecule has 4 heteroatoms. The van der Waals surface area contributed by atoms with Crippen LogP contribution in [0.2, 0.25) is 5.02 Å². The molecule has 0 radical (unpaired) electrons. The molecule has 0 heterocycles. The molecule has 0 bridgehead atoms. The van der Waals surface area contributed by atoms with Crippen molar-refractivity contribution in [3.63, 3.8) is 0 Å². The van der Waals surface area contributed by atoms with Crippen LogP contribution in [0.4, 0.5) is 4.39 Å². The van der Waals surface area contributed by atoms with E-state index >= 15 is 0 Å². The van der Waals surface area contributed by atoms with E-state index < -0.39 is 6.10 Å². The van der Waals surface area contributed by atoms with Gasteiger partial charge in [-0.1, -0.05) is 35.9 Å². The Labute approximate surface area is 127 Å². The second kappa shape index (κ2) is 7.11. The topological polar surface area (TPSA) is 20.2 Å². The normalized spacial score (nSPS) is 12.4. The van der Waals surface area contributed by atoms with Crippen LogP contribution in [-0.2, 0) is 6.42 Å². The molecule has 0 amide bonds. The summed E-state index contributed by atoms with van der Waals surface area (Å²) in [6.07, 6.45) is -0.294. The largest absolute Gasteiger partial charge is 0.392 e. The molecular weight excluding hydrogens is 295 g/mol. The van der Waals surface area contributed by atoms with Gasteiger partial charge >= 0.3 is 0 Å². The summed E-state index contributed by atoms with van der Waals surface area (Å²) in [6.45, 7) is 2.04. The zero-order valence-corrected chi connectivity index (χ0v) is 12.7. The van der Waals surface area contributed by atoms with Crippen molar-refractivity contribution in [1.82, 2.24) is 0 Å². The summed E-state index contributed by atoms with van der Waals surface area (Å²) in [5.41, 5.74) is 1.68. The molecule has 0 spiro atoms. The standard InChI is InChI=1S/C16H16ClFOS/c1-11-4-2-3-5-16(11)20-10-14(19)8-12-6-7-13(17)9-15(12)18/h2-7,9,14,19H,8,10H2,1H3. The van der Waals surface area contributed by atoms with Gasteiger partial charge in [0.15, 0.2) is 0 Å². The molecule has 0 saturated heterocycles. The van der Waals surface area contributed by atoms with E-state index in [0.717, 1.165) is 4.90 Å². The van der Waals surface area contributed by atoms with Crippen molar-refractivity contribution in [2.45, 2.75) is 24.3 Å². The van der Waals surface area contributed by atoms with Crippen molar-refractivity contribution in [3.05, 3.63) is 64.4 Å². The van der Waals surface area contributed by atoms with Crippen LogP contribution in [0.3, 0.4) is 0 Å². The molecule has 106 valence electrons. The fourth-order valence-corrected chi connectivity index (χ4v) is 3.02. The number of halogens is 2. The van der Waals surface area contributed by atoms with Crippen molar-refractivity contribution >= 4 is 23.4 Å². The molecule has 2 rings (SSSR count). The Bertz CT molecular complexity index is 588. The van der Waals surface area contributed by atoms with E-state index in [2.05, 4.69) is 0 Å². The van der Waals surface area contributed by atoms with E-state index in [1.165, 1.54) is 11.6 Å². The predicted molar refractivity (Wildman–Crippen MR) is 83.0 cm³/mol. The van der Waals surface area contributed by atoms with Crippen molar-refractivity contribution in [2.24, 2.45) is 0 Å². The highest BCUT2D eigenvalue weighted by Gasteiger charge is 2.11. The Balaban J connectivity index is 1.92. The average molecular weight is 311 g/mol. The number of aliphatic hydroxyl groups excluding tert-OH is 1. The Kier molecular flexibility index (Phi) is 5.46. The number of hydrogen-bond donors (Lipinski definition) is 1. The summed E-state index contributed by atoms with van der Waals surface area (Å²) >= 11 is 7.29. The minimum atomic E-state index is -0.588. The summed E-state index contributed by atoms with van der Waals surface area (Å²) in [5, 5.41) is 10.4. The Morgan fingerprint density at radius 2 is 2.00 bits per heavy atom. The van der Waals surface area contributed by atoms with Crippen LogP contribution in [0, 0.1) is 12.7 Å². The van der Waals surface area contributed by atoms with Crippen LogP contribution < -0.4 is 0 Å². The highest BCUT2D eigenvalue weighted by molar-refractivity contribution is 7.99. The van der Waals surface area contributed by atoms with Gasteiger partial charge in [0.2, 0.25) is 0 Å². The third-order valence-corrected chi connectivity index (χ3v) is 4.55. The van der Waals surface area contributed by atoms with Gasteiger partial charge in [-0.2, -0.15) is 0 Å². The molecule has 0 aliphatic heterocycles. The van der Waals surface area contributed by atoms with Crippen LogP contribution in [0.15, 0.2) is 47.4 Å². The first-order chi connectivity index (χ1) is 9.56. The summed E-state index contributed by atoms with van der Waals surface area (Å²) in [7, 11) is 0. The Morgan fingerprint density at radius 1 is 1.25 bits per heavy atom. The van der Waals surface area contributed by atoms with E-state index in [-0.39, 0.29) is 5.82 Å². The molecule has 0 aromatic heterocycles. The van der Waals surface area contributed by atoms with E-state index in [4.69, 9.17) is 11.6 Å². The highest BCUT2D eigenvalue weighted by atomic mass is 35.5. The summed E-state index contributed by atoms with van der Waals surface area (Å²) < 4.78 is 13.6. The maximum atomic E-state index is 13.6. The smallest absolute Gasteiger partial charge is 0.127 e. The number of aryl methyl sites for hydroxylation is 1. The van der Waals surface area contributed by atoms with E-state index in [9.17, 15) is 9.50 Å². The minimum Gasteiger partial charge on any atom is -0.392 e. The number of thioether (sulfide) groups is 1. The first kappa shape index (κ1) is 15.4. The number of rotatable bonds is 5. The summed E-state index contributed by atoms with van der Waals surface area (Å²) in [5.74, 6) is 0.171. The molecule has 0 aliphatic rings. The molecule has 20 heavy (non-hydrogen) atoms. The molecule has 1 unspecified atom stereocenters. The molecule has 0 aliphatic carbocycles. The molecule has 2 aromatic rings. The zero-order valence-electron chi connectivity index (χ0n) is 11.1. The van der Waals surface area contributed by atoms with Gasteiger partial charge in [0.1, 0.15) is 5.82 Å². The molecule has 0 saturated carbocycles. The lowest BCUT2D eigenvalue weighted by molar-refractivity contribution is 0.198. The second-order valence-electron chi connectivity index (χ2n) is 4.67. The van der Waals surface area contributed by atoms with E-state index in [0.29, 0.717) is 22.8 Å². The molecule has 1 atom stereocenters. The van der Waals surface area contributed by atoms with Gasteiger partial charge in [-0.15, -0.1) is 11.8 Å². The number of hydrogen-bond acceptors (Lipinski definition) is 2. The van der Waals surface area contributed by atoms with Crippen LogP contribution in [0.25, 0.3) is 0 Å². The van der Waals surface area contributed by atoms with Crippen molar-refractivity contribution in [2.75, 3.05) is 5.75 Å². The lowest BCUT2D eigenvalue weighted by Gasteiger charge is -2.12. The average Bonchev–Trinajstić information content (AvgIpc) is 2.41.